The molecule has 3 heterocycles. The number of hydrazine groups is 1. The van der Waals surface area contributed by atoms with E-state index in [1.165, 1.54) is 5.56 Å². The fourth-order valence-corrected chi connectivity index (χ4v) is 1.97. The number of hydrogen-bond acceptors (Lipinski definition) is 6. The van der Waals surface area contributed by atoms with Gasteiger partial charge in [0, 0.05) is 19.7 Å². The molecule has 7 heteroatoms. The summed E-state index contributed by atoms with van der Waals surface area (Å²) in [5.41, 5.74) is 7.28. The van der Waals surface area contributed by atoms with Crippen molar-refractivity contribution in [1.29, 1.82) is 0 Å². The molecular formula is C9H12N6O. The Labute approximate surface area is 91.5 Å². The Hall–Kier alpha value is -1.86. The van der Waals surface area contributed by atoms with E-state index in [-0.39, 0.29) is 0 Å². The summed E-state index contributed by atoms with van der Waals surface area (Å²) >= 11 is 0. The highest BCUT2D eigenvalue weighted by Crippen LogP contribution is 2.29. The summed E-state index contributed by atoms with van der Waals surface area (Å²) in [7, 11) is 1.95. The van der Waals surface area contributed by atoms with Crippen LogP contribution in [0.5, 0.6) is 0 Å². The standard InChI is InChI=1S/C9H12N6O/c1-15-4-5-2-3-16-14-7-6(5)8(15)12-9(11-7)13-10/h4H,2-3,10H2,1H3,(H2,11,12,13,14). The third-order valence-electron chi connectivity index (χ3n) is 2.67. The quantitative estimate of drug-likeness (QED) is 0.468. The van der Waals surface area contributed by atoms with Crippen LogP contribution in [0.2, 0.25) is 0 Å². The van der Waals surface area contributed by atoms with Gasteiger partial charge in [-0.15, -0.1) is 0 Å². The number of aryl methyl sites for hydroxylation is 1. The van der Waals surface area contributed by atoms with Gasteiger partial charge >= 0.3 is 0 Å². The molecule has 0 aliphatic carbocycles. The molecule has 2 aromatic rings. The number of rotatable bonds is 1. The minimum absolute atomic E-state index is 0.369. The number of nitrogen functional groups attached to an aromatic ring is 1. The van der Waals surface area contributed by atoms with E-state index in [4.69, 9.17) is 10.7 Å². The molecule has 1 aliphatic heterocycles. The highest BCUT2D eigenvalue weighted by atomic mass is 16.6. The monoisotopic (exact) mass is 220 g/mol. The SMILES string of the molecule is Cn1cc2c3c(nc(NN)nc31)NOCC2. The average molecular weight is 220 g/mol. The zero-order valence-corrected chi connectivity index (χ0v) is 8.82. The lowest BCUT2D eigenvalue weighted by Gasteiger charge is -2.06. The minimum Gasteiger partial charge on any atom is -0.335 e. The number of nitrogens with two attached hydrogens (primary N) is 1. The van der Waals surface area contributed by atoms with E-state index in [1.54, 1.807) is 0 Å². The Morgan fingerprint density at radius 3 is 3.25 bits per heavy atom. The number of aromatic nitrogens is 3. The van der Waals surface area contributed by atoms with Crippen LogP contribution in [0.4, 0.5) is 11.8 Å². The summed E-state index contributed by atoms with van der Waals surface area (Å²) in [5, 5.41) is 0.999. The van der Waals surface area contributed by atoms with Crippen LogP contribution in [0.3, 0.4) is 0 Å². The topological polar surface area (TPSA) is 90.0 Å². The molecule has 16 heavy (non-hydrogen) atoms. The van der Waals surface area contributed by atoms with Crippen molar-refractivity contribution in [2.75, 3.05) is 17.5 Å². The van der Waals surface area contributed by atoms with Crippen LogP contribution in [-0.4, -0.2) is 21.1 Å². The third kappa shape index (κ3) is 1.22. The van der Waals surface area contributed by atoms with Crippen LogP contribution in [0.15, 0.2) is 6.20 Å². The number of hydrogen-bond donors (Lipinski definition) is 3. The van der Waals surface area contributed by atoms with Crippen molar-refractivity contribution in [1.82, 2.24) is 14.5 Å². The zero-order chi connectivity index (χ0) is 11.1. The van der Waals surface area contributed by atoms with Crippen molar-refractivity contribution in [3.8, 4) is 0 Å². The van der Waals surface area contributed by atoms with Crippen molar-refractivity contribution < 1.29 is 4.84 Å². The lowest BCUT2D eigenvalue weighted by molar-refractivity contribution is 0.199. The van der Waals surface area contributed by atoms with Gasteiger partial charge in [0.2, 0.25) is 5.95 Å². The second-order valence-electron chi connectivity index (χ2n) is 3.70. The molecule has 0 bridgehead atoms. The third-order valence-corrected chi connectivity index (χ3v) is 2.67. The van der Waals surface area contributed by atoms with Crippen LogP contribution in [-0.2, 0) is 18.3 Å². The molecule has 0 fully saturated rings. The van der Waals surface area contributed by atoms with Gasteiger partial charge in [0.25, 0.3) is 0 Å². The van der Waals surface area contributed by atoms with Gasteiger partial charge < -0.3 is 4.57 Å². The maximum absolute atomic E-state index is 5.33. The molecule has 0 radical (unpaired) electrons. The van der Waals surface area contributed by atoms with Crippen LogP contribution in [0.1, 0.15) is 5.56 Å². The fraction of sp³-hybridized carbons (Fsp3) is 0.333. The maximum Gasteiger partial charge on any atom is 0.241 e. The van der Waals surface area contributed by atoms with Crippen molar-refractivity contribution in [3.05, 3.63) is 11.8 Å². The lowest BCUT2D eigenvalue weighted by atomic mass is 10.2. The Morgan fingerprint density at radius 2 is 2.44 bits per heavy atom. The predicted octanol–water partition coefficient (Wildman–Crippen LogP) is 0.153. The Morgan fingerprint density at radius 1 is 1.56 bits per heavy atom. The van der Waals surface area contributed by atoms with E-state index in [1.807, 2.05) is 17.8 Å². The average Bonchev–Trinajstić information content (AvgIpc) is 2.48. The van der Waals surface area contributed by atoms with E-state index >= 15 is 0 Å². The molecule has 84 valence electrons. The van der Waals surface area contributed by atoms with Crippen LogP contribution in [0, 0.1) is 0 Å². The van der Waals surface area contributed by atoms with Gasteiger partial charge in [0.1, 0.15) is 5.65 Å². The molecule has 2 aromatic heterocycles. The second kappa shape index (κ2) is 3.32. The van der Waals surface area contributed by atoms with Gasteiger partial charge in [0.05, 0.1) is 12.0 Å². The first-order chi connectivity index (χ1) is 7.79. The van der Waals surface area contributed by atoms with Gasteiger partial charge in [-0.1, -0.05) is 0 Å². The molecule has 3 rings (SSSR count). The summed E-state index contributed by atoms with van der Waals surface area (Å²) in [5.74, 6) is 6.35. The molecule has 4 N–H and O–H groups in total. The van der Waals surface area contributed by atoms with Gasteiger partial charge in [-0.2, -0.15) is 9.97 Å². The number of nitrogens with one attached hydrogen (secondary N) is 2. The summed E-state index contributed by atoms with van der Waals surface area (Å²) < 4.78 is 1.96. The summed E-state index contributed by atoms with van der Waals surface area (Å²) in [6.07, 6.45) is 2.88. The number of nitrogens with zero attached hydrogens (tertiary/aromatic N) is 3. The van der Waals surface area contributed by atoms with E-state index in [2.05, 4.69) is 20.9 Å². The molecule has 7 nitrogen and oxygen atoms in total. The summed E-state index contributed by atoms with van der Waals surface area (Å²) in [6.45, 7) is 0.612. The molecule has 0 amide bonds. The van der Waals surface area contributed by atoms with Crippen molar-refractivity contribution in [2.45, 2.75) is 6.42 Å². The van der Waals surface area contributed by atoms with Crippen LogP contribution in [0.25, 0.3) is 11.0 Å². The highest BCUT2D eigenvalue weighted by molar-refractivity contribution is 5.91. The fourth-order valence-electron chi connectivity index (χ4n) is 1.97. The van der Waals surface area contributed by atoms with Crippen LogP contribution < -0.4 is 16.7 Å². The first-order valence-electron chi connectivity index (χ1n) is 5.00. The van der Waals surface area contributed by atoms with Crippen molar-refractivity contribution in [2.24, 2.45) is 12.9 Å². The first kappa shape index (κ1) is 9.37. The highest BCUT2D eigenvalue weighted by Gasteiger charge is 2.17. The largest absolute Gasteiger partial charge is 0.335 e. The first-order valence-corrected chi connectivity index (χ1v) is 5.00. The molecule has 0 saturated carbocycles. The Balaban J connectivity index is 2.36. The Bertz CT molecular complexity index is 548. The van der Waals surface area contributed by atoms with Gasteiger partial charge in [-0.25, -0.2) is 11.3 Å². The van der Waals surface area contributed by atoms with Gasteiger partial charge in [0.15, 0.2) is 5.82 Å². The molecule has 0 spiro atoms. The van der Waals surface area contributed by atoms with Gasteiger partial charge in [-0.05, 0) is 5.56 Å². The Kier molecular flexibility index (Phi) is 1.95. The van der Waals surface area contributed by atoms with E-state index < -0.39 is 0 Å². The summed E-state index contributed by atoms with van der Waals surface area (Å²) in [4.78, 5) is 13.8. The minimum atomic E-state index is 0.369. The number of anilines is 2. The molecule has 0 atom stereocenters. The van der Waals surface area contributed by atoms with E-state index in [0.29, 0.717) is 18.4 Å². The maximum atomic E-state index is 5.33. The molecule has 0 saturated heterocycles. The molecular weight excluding hydrogens is 208 g/mol. The molecule has 0 unspecified atom stereocenters. The van der Waals surface area contributed by atoms with E-state index in [0.717, 1.165) is 17.5 Å². The van der Waals surface area contributed by atoms with Crippen molar-refractivity contribution >= 4 is 22.8 Å². The van der Waals surface area contributed by atoms with E-state index in [9.17, 15) is 0 Å². The second-order valence-corrected chi connectivity index (χ2v) is 3.70. The normalized spacial score (nSPS) is 14.6. The van der Waals surface area contributed by atoms with Crippen LogP contribution >= 0.6 is 0 Å². The lowest BCUT2D eigenvalue weighted by Crippen LogP contribution is -2.12. The molecule has 0 aromatic carbocycles. The van der Waals surface area contributed by atoms with Crippen molar-refractivity contribution in [3.63, 3.8) is 0 Å². The molecule has 1 aliphatic rings. The smallest absolute Gasteiger partial charge is 0.241 e. The van der Waals surface area contributed by atoms with Gasteiger partial charge in [-0.3, -0.25) is 10.3 Å². The summed E-state index contributed by atoms with van der Waals surface area (Å²) in [6, 6.07) is 0. The zero-order valence-electron chi connectivity index (χ0n) is 8.82. The predicted molar refractivity (Wildman–Crippen MR) is 59.6 cm³/mol.